The van der Waals surface area contributed by atoms with E-state index in [4.69, 9.17) is 0 Å². The lowest BCUT2D eigenvalue weighted by Crippen LogP contribution is -2.24. The van der Waals surface area contributed by atoms with Crippen LogP contribution in [0.5, 0.6) is 0 Å². The highest BCUT2D eigenvalue weighted by molar-refractivity contribution is 14.1. The minimum atomic E-state index is 0.247. The number of amides is 1. The molecule has 19 heavy (non-hydrogen) atoms. The molecule has 0 fully saturated rings. The Morgan fingerprint density at radius 1 is 0.842 bits per heavy atom. The van der Waals surface area contributed by atoms with Crippen LogP contribution in [-0.2, 0) is 4.79 Å². The predicted molar refractivity (Wildman–Crippen MR) is 93.0 cm³/mol. The van der Waals surface area contributed by atoms with Crippen molar-refractivity contribution in [2.45, 2.75) is 84.0 Å². The van der Waals surface area contributed by atoms with E-state index in [0.29, 0.717) is 0 Å². The van der Waals surface area contributed by atoms with Crippen LogP contribution in [0.1, 0.15) is 84.0 Å². The van der Waals surface area contributed by atoms with Crippen LogP contribution in [0.2, 0.25) is 0 Å². The summed E-state index contributed by atoms with van der Waals surface area (Å²) in [4.78, 5) is 11.5. The van der Waals surface area contributed by atoms with Crippen molar-refractivity contribution in [3.8, 4) is 0 Å². The van der Waals surface area contributed by atoms with Crippen molar-refractivity contribution in [3.05, 3.63) is 0 Å². The number of nitrogens with one attached hydrogen (secondary N) is 1. The summed E-state index contributed by atoms with van der Waals surface area (Å²) >= 11 is 2.38. The second-order valence-electron chi connectivity index (χ2n) is 5.32. The standard InChI is InChI=1S/C16H32INO/c1-2-3-4-5-6-7-8-9-10-13-16(19)18-15-12-11-14-17/h2-15H2,1H3,(H,18,19). The van der Waals surface area contributed by atoms with Gasteiger partial charge in [-0.1, -0.05) is 80.9 Å². The molecular weight excluding hydrogens is 349 g/mol. The van der Waals surface area contributed by atoms with Gasteiger partial charge in [0, 0.05) is 13.0 Å². The SMILES string of the molecule is CCCCCCCCCCCC(=O)NCCCCI. The second-order valence-corrected chi connectivity index (χ2v) is 6.40. The molecule has 0 aliphatic rings. The first kappa shape index (κ1) is 19.2. The Balaban J connectivity index is 3.10. The number of carbonyl (C=O) groups excluding carboxylic acids is 1. The molecule has 0 radical (unpaired) electrons. The summed E-state index contributed by atoms with van der Waals surface area (Å²) < 4.78 is 1.19. The molecule has 0 heterocycles. The molecule has 0 saturated carbocycles. The summed E-state index contributed by atoms with van der Waals surface area (Å²) in [7, 11) is 0. The number of halogens is 1. The first-order valence-electron chi connectivity index (χ1n) is 8.14. The first-order chi connectivity index (χ1) is 9.31. The minimum absolute atomic E-state index is 0.247. The van der Waals surface area contributed by atoms with Gasteiger partial charge in [-0.05, 0) is 23.7 Å². The molecule has 0 atom stereocenters. The number of hydrogen-bond donors (Lipinski definition) is 1. The zero-order valence-electron chi connectivity index (χ0n) is 12.7. The second kappa shape index (κ2) is 16.3. The molecule has 0 bridgehead atoms. The lowest BCUT2D eigenvalue weighted by Gasteiger charge is -2.04. The number of alkyl halides is 1. The van der Waals surface area contributed by atoms with Crippen LogP contribution in [0.15, 0.2) is 0 Å². The van der Waals surface area contributed by atoms with Gasteiger partial charge < -0.3 is 5.32 Å². The quantitative estimate of drug-likeness (QED) is 0.249. The molecule has 0 aromatic carbocycles. The molecule has 114 valence electrons. The summed E-state index contributed by atoms with van der Waals surface area (Å²) in [5.74, 6) is 0.247. The Kier molecular flexibility index (Phi) is 16.4. The van der Waals surface area contributed by atoms with Gasteiger partial charge in [-0.2, -0.15) is 0 Å². The van der Waals surface area contributed by atoms with Crippen LogP contribution in [0.4, 0.5) is 0 Å². The van der Waals surface area contributed by atoms with Gasteiger partial charge in [0.2, 0.25) is 5.91 Å². The zero-order valence-corrected chi connectivity index (χ0v) is 14.8. The lowest BCUT2D eigenvalue weighted by molar-refractivity contribution is -0.121. The van der Waals surface area contributed by atoms with Crippen LogP contribution in [0.3, 0.4) is 0 Å². The van der Waals surface area contributed by atoms with E-state index in [-0.39, 0.29) is 5.91 Å². The van der Waals surface area contributed by atoms with Crippen LogP contribution < -0.4 is 5.32 Å². The maximum Gasteiger partial charge on any atom is 0.219 e. The minimum Gasteiger partial charge on any atom is -0.356 e. The molecule has 0 saturated heterocycles. The molecule has 0 unspecified atom stereocenters. The average molecular weight is 381 g/mol. The molecule has 0 spiro atoms. The number of hydrogen-bond acceptors (Lipinski definition) is 1. The highest BCUT2D eigenvalue weighted by Crippen LogP contribution is 2.10. The van der Waals surface area contributed by atoms with Gasteiger partial charge in [0.25, 0.3) is 0 Å². The predicted octanol–water partition coefficient (Wildman–Crippen LogP) is 5.24. The number of unbranched alkanes of at least 4 members (excludes halogenated alkanes) is 9. The van der Waals surface area contributed by atoms with E-state index in [1.807, 2.05) is 0 Å². The summed E-state index contributed by atoms with van der Waals surface area (Å²) in [6, 6.07) is 0. The molecule has 0 aliphatic heterocycles. The van der Waals surface area contributed by atoms with E-state index in [2.05, 4.69) is 34.8 Å². The van der Waals surface area contributed by atoms with Gasteiger partial charge in [0.1, 0.15) is 0 Å². The summed E-state index contributed by atoms with van der Waals surface area (Å²) in [6.07, 6.45) is 14.9. The largest absolute Gasteiger partial charge is 0.356 e. The third-order valence-corrected chi connectivity index (χ3v) is 4.15. The molecule has 1 amide bonds. The fraction of sp³-hybridized carbons (Fsp3) is 0.938. The van der Waals surface area contributed by atoms with Gasteiger partial charge in [-0.25, -0.2) is 0 Å². The van der Waals surface area contributed by atoms with Gasteiger partial charge in [-0.15, -0.1) is 0 Å². The van der Waals surface area contributed by atoms with Crippen molar-refractivity contribution >= 4 is 28.5 Å². The van der Waals surface area contributed by atoms with Crippen molar-refractivity contribution in [2.24, 2.45) is 0 Å². The monoisotopic (exact) mass is 381 g/mol. The Hall–Kier alpha value is 0.200. The Bertz CT molecular complexity index is 197. The Labute approximate surface area is 133 Å². The first-order valence-corrected chi connectivity index (χ1v) is 9.66. The van der Waals surface area contributed by atoms with Crippen LogP contribution in [0, 0.1) is 0 Å². The normalized spacial score (nSPS) is 10.6. The van der Waals surface area contributed by atoms with Gasteiger partial charge in [0.15, 0.2) is 0 Å². The average Bonchev–Trinajstić information content (AvgIpc) is 2.42. The zero-order chi connectivity index (χ0) is 14.2. The molecule has 2 nitrogen and oxygen atoms in total. The van der Waals surface area contributed by atoms with Gasteiger partial charge >= 0.3 is 0 Å². The molecule has 0 aromatic rings. The van der Waals surface area contributed by atoms with E-state index >= 15 is 0 Å². The number of rotatable bonds is 14. The van der Waals surface area contributed by atoms with E-state index in [1.54, 1.807) is 0 Å². The fourth-order valence-corrected chi connectivity index (χ4v) is 2.67. The van der Waals surface area contributed by atoms with Crippen molar-refractivity contribution in [2.75, 3.05) is 11.0 Å². The van der Waals surface area contributed by atoms with Crippen LogP contribution in [-0.4, -0.2) is 16.9 Å². The molecular formula is C16H32INO. The molecule has 0 rings (SSSR count). The third kappa shape index (κ3) is 16.1. The Morgan fingerprint density at radius 2 is 1.42 bits per heavy atom. The number of carbonyl (C=O) groups is 1. The summed E-state index contributed by atoms with van der Waals surface area (Å²) in [6.45, 7) is 3.12. The smallest absolute Gasteiger partial charge is 0.219 e. The highest BCUT2D eigenvalue weighted by Gasteiger charge is 2.00. The van der Waals surface area contributed by atoms with Gasteiger partial charge in [0.05, 0.1) is 0 Å². The Morgan fingerprint density at radius 3 is 2.00 bits per heavy atom. The maximum absolute atomic E-state index is 11.5. The van der Waals surface area contributed by atoms with Crippen molar-refractivity contribution in [1.29, 1.82) is 0 Å². The maximum atomic E-state index is 11.5. The van der Waals surface area contributed by atoms with Crippen molar-refractivity contribution < 1.29 is 4.79 Å². The highest BCUT2D eigenvalue weighted by atomic mass is 127. The van der Waals surface area contributed by atoms with E-state index in [9.17, 15) is 4.79 Å². The molecule has 0 aromatic heterocycles. The van der Waals surface area contributed by atoms with Gasteiger partial charge in [-0.3, -0.25) is 4.79 Å². The molecule has 1 N–H and O–H groups in total. The third-order valence-electron chi connectivity index (χ3n) is 3.39. The van der Waals surface area contributed by atoms with E-state index in [1.165, 1.54) is 62.2 Å². The topological polar surface area (TPSA) is 29.1 Å². The fourth-order valence-electron chi connectivity index (χ4n) is 2.13. The van der Waals surface area contributed by atoms with Crippen LogP contribution in [0.25, 0.3) is 0 Å². The van der Waals surface area contributed by atoms with Crippen LogP contribution >= 0.6 is 22.6 Å². The molecule has 3 heteroatoms. The summed E-state index contributed by atoms with van der Waals surface area (Å²) in [5.41, 5.74) is 0. The summed E-state index contributed by atoms with van der Waals surface area (Å²) in [5, 5.41) is 3.00. The molecule has 0 aliphatic carbocycles. The van der Waals surface area contributed by atoms with Crippen molar-refractivity contribution in [3.63, 3.8) is 0 Å². The van der Waals surface area contributed by atoms with E-state index in [0.717, 1.165) is 25.8 Å². The van der Waals surface area contributed by atoms with E-state index < -0.39 is 0 Å². The van der Waals surface area contributed by atoms with Crippen molar-refractivity contribution in [1.82, 2.24) is 5.32 Å². The lowest BCUT2D eigenvalue weighted by atomic mass is 10.1.